The Kier molecular flexibility index (Phi) is 6.43. The van der Waals surface area contributed by atoms with Gasteiger partial charge in [0.1, 0.15) is 0 Å². The Morgan fingerprint density at radius 2 is 2.00 bits per heavy atom. The normalized spacial score (nSPS) is 17.1. The number of nitrogens with zero attached hydrogens (tertiary/aromatic N) is 3. The van der Waals surface area contributed by atoms with Crippen LogP contribution in [0.4, 0.5) is 20.6 Å². The number of hydrogen-bond donors (Lipinski definition) is 2. The molecule has 2 N–H and O–H groups in total. The van der Waals surface area contributed by atoms with Gasteiger partial charge in [-0.15, -0.1) is 0 Å². The van der Waals surface area contributed by atoms with Crippen LogP contribution in [0.3, 0.4) is 0 Å². The number of anilines is 2. The molecule has 0 saturated carbocycles. The van der Waals surface area contributed by atoms with Crippen LogP contribution in [0.2, 0.25) is 0 Å². The maximum Gasteiger partial charge on any atom is 0.323 e. The highest BCUT2D eigenvalue weighted by atomic mass is 19.1. The topological polar surface area (TPSA) is 77.6 Å². The van der Waals surface area contributed by atoms with Crippen LogP contribution in [0.5, 0.6) is 0 Å². The third-order valence-electron chi connectivity index (χ3n) is 5.08. The van der Waals surface area contributed by atoms with E-state index in [0.717, 1.165) is 5.69 Å². The molecule has 0 spiro atoms. The van der Waals surface area contributed by atoms with Crippen LogP contribution in [0.25, 0.3) is 0 Å². The molecule has 154 valence electrons. The molecule has 3 rings (SSSR count). The van der Waals surface area contributed by atoms with Gasteiger partial charge < -0.3 is 15.5 Å². The van der Waals surface area contributed by atoms with E-state index in [2.05, 4.69) is 20.5 Å². The summed E-state index contributed by atoms with van der Waals surface area (Å²) in [5.74, 6) is -0.394. The first kappa shape index (κ1) is 20.7. The van der Waals surface area contributed by atoms with E-state index < -0.39 is 11.8 Å². The van der Waals surface area contributed by atoms with Crippen molar-refractivity contribution in [1.29, 1.82) is 0 Å². The third kappa shape index (κ3) is 5.29. The molecule has 0 aliphatic carbocycles. The first-order valence-corrected chi connectivity index (χ1v) is 9.61. The summed E-state index contributed by atoms with van der Waals surface area (Å²) in [6.07, 6.45) is 1.55. The monoisotopic (exact) mass is 399 g/mol. The van der Waals surface area contributed by atoms with E-state index in [9.17, 15) is 14.0 Å². The van der Waals surface area contributed by atoms with E-state index in [0.29, 0.717) is 37.4 Å². The number of amides is 3. The highest BCUT2D eigenvalue weighted by Gasteiger charge is 2.26. The molecule has 1 aromatic heterocycles. The third-order valence-corrected chi connectivity index (χ3v) is 5.08. The number of halogens is 1. The van der Waals surface area contributed by atoms with Crippen molar-refractivity contribution < 1.29 is 14.0 Å². The molecule has 1 aliphatic heterocycles. The minimum absolute atomic E-state index is 0.0590. The lowest BCUT2D eigenvalue weighted by molar-refractivity contribution is -0.131. The van der Waals surface area contributed by atoms with Crippen LogP contribution in [-0.4, -0.2) is 52.4 Å². The molecule has 0 bridgehead atoms. The summed E-state index contributed by atoms with van der Waals surface area (Å²) in [5.41, 5.74) is 1.99. The van der Waals surface area contributed by atoms with Crippen LogP contribution < -0.4 is 10.6 Å². The van der Waals surface area contributed by atoms with Crippen molar-refractivity contribution in [2.45, 2.75) is 33.4 Å². The van der Waals surface area contributed by atoms with Crippen LogP contribution in [0, 0.1) is 12.7 Å². The fourth-order valence-electron chi connectivity index (χ4n) is 3.36. The van der Waals surface area contributed by atoms with Gasteiger partial charge in [0.15, 0.2) is 5.82 Å². The second-order valence-electron chi connectivity index (χ2n) is 7.33. The molecule has 3 amide bonds. The fraction of sp³-hybridized carbons (Fsp3) is 0.381. The van der Waals surface area contributed by atoms with Gasteiger partial charge in [-0.05, 0) is 32.0 Å². The minimum Gasteiger partial charge on any atom is -0.340 e. The Bertz CT molecular complexity index is 887. The number of aromatic nitrogens is 1. The number of benzene rings is 1. The average molecular weight is 399 g/mol. The van der Waals surface area contributed by atoms with Crippen molar-refractivity contribution in [2.24, 2.45) is 0 Å². The minimum atomic E-state index is -0.532. The van der Waals surface area contributed by atoms with Gasteiger partial charge in [-0.1, -0.05) is 12.1 Å². The van der Waals surface area contributed by atoms with Gasteiger partial charge in [0.05, 0.1) is 17.6 Å². The lowest BCUT2D eigenvalue weighted by atomic mass is 10.1. The van der Waals surface area contributed by atoms with Crippen molar-refractivity contribution in [3.63, 3.8) is 0 Å². The number of piperazine rings is 1. The standard InChI is InChI=1S/C21H26FN5O2/c1-14-7-8-18(11-23-14)24-21(29)25-19-6-4-5-17(20(19)22)13-26-9-10-27(16(3)28)12-15(26)2/h4-8,11,15H,9-10,12-13H2,1-3H3,(H2,24,25,29). The fourth-order valence-corrected chi connectivity index (χ4v) is 3.36. The van der Waals surface area contributed by atoms with Gasteiger partial charge >= 0.3 is 6.03 Å². The highest BCUT2D eigenvalue weighted by Crippen LogP contribution is 2.22. The smallest absolute Gasteiger partial charge is 0.323 e. The predicted octanol–water partition coefficient (Wildman–Crippen LogP) is 3.23. The van der Waals surface area contributed by atoms with E-state index in [1.165, 1.54) is 6.07 Å². The van der Waals surface area contributed by atoms with Gasteiger partial charge in [0.2, 0.25) is 5.91 Å². The Balaban J connectivity index is 1.64. The molecule has 1 aliphatic rings. The average Bonchev–Trinajstić information content (AvgIpc) is 2.68. The summed E-state index contributed by atoms with van der Waals surface area (Å²) in [6, 6.07) is 8.07. The van der Waals surface area contributed by atoms with Crippen LogP contribution >= 0.6 is 0 Å². The maximum absolute atomic E-state index is 15.0. The van der Waals surface area contributed by atoms with Crippen molar-refractivity contribution in [2.75, 3.05) is 30.3 Å². The van der Waals surface area contributed by atoms with Gasteiger partial charge in [0.25, 0.3) is 0 Å². The summed E-state index contributed by atoms with van der Waals surface area (Å²) in [4.78, 5) is 31.8. The zero-order valence-electron chi connectivity index (χ0n) is 16.9. The highest BCUT2D eigenvalue weighted by molar-refractivity contribution is 5.99. The van der Waals surface area contributed by atoms with Crippen LogP contribution in [-0.2, 0) is 11.3 Å². The Morgan fingerprint density at radius 3 is 2.66 bits per heavy atom. The Morgan fingerprint density at radius 1 is 1.21 bits per heavy atom. The van der Waals surface area contributed by atoms with E-state index in [1.54, 1.807) is 42.3 Å². The number of carbonyl (C=O) groups excluding carboxylic acids is 2. The maximum atomic E-state index is 15.0. The second kappa shape index (κ2) is 9.00. The largest absolute Gasteiger partial charge is 0.340 e. The summed E-state index contributed by atoms with van der Waals surface area (Å²) < 4.78 is 15.0. The SMILES string of the molecule is CC(=O)N1CCN(Cc2cccc(NC(=O)Nc3ccc(C)nc3)c2F)C(C)C1. The lowest BCUT2D eigenvalue weighted by Crippen LogP contribution is -2.52. The molecule has 7 nitrogen and oxygen atoms in total. The van der Waals surface area contributed by atoms with Crippen molar-refractivity contribution in [3.05, 3.63) is 53.6 Å². The van der Waals surface area contributed by atoms with Crippen molar-refractivity contribution in [1.82, 2.24) is 14.8 Å². The van der Waals surface area contributed by atoms with Crippen molar-refractivity contribution in [3.8, 4) is 0 Å². The summed E-state index contributed by atoms with van der Waals surface area (Å²) in [6.45, 7) is 7.79. The molecule has 0 radical (unpaired) electrons. The second-order valence-corrected chi connectivity index (χ2v) is 7.33. The molecule has 29 heavy (non-hydrogen) atoms. The number of carbonyl (C=O) groups is 2. The van der Waals surface area contributed by atoms with Crippen LogP contribution in [0.1, 0.15) is 25.1 Å². The lowest BCUT2D eigenvalue weighted by Gasteiger charge is -2.39. The summed E-state index contributed by atoms with van der Waals surface area (Å²) in [7, 11) is 0. The molecule has 2 aromatic rings. The Hall–Kier alpha value is -3.00. The molecule has 1 unspecified atom stereocenters. The predicted molar refractivity (Wildman–Crippen MR) is 110 cm³/mol. The summed E-state index contributed by atoms with van der Waals surface area (Å²) >= 11 is 0. The first-order valence-electron chi connectivity index (χ1n) is 9.61. The number of nitrogens with one attached hydrogen (secondary N) is 2. The van der Waals surface area contributed by atoms with E-state index in [-0.39, 0.29) is 17.6 Å². The first-order chi connectivity index (χ1) is 13.8. The summed E-state index contributed by atoms with van der Waals surface area (Å²) in [5, 5.41) is 5.20. The molecule has 1 fully saturated rings. The van der Waals surface area contributed by atoms with E-state index in [1.807, 2.05) is 13.8 Å². The number of urea groups is 1. The quantitative estimate of drug-likeness (QED) is 0.828. The molecule has 1 atom stereocenters. The molecular formula is C21H26FN5O2. The van der Waals surface area contributed by atoms with Gasteiger partial charge in [0, 0.05) is 50.4 Å². The van der Waals surface area contributed by atoms with E-state index in [4.69, 9.17) is 0 Å². The van der Waals surface area contributed by atoms with E-state index >= 15 is 0 Å². The van der Waals surface area contributed by atoms with Gasteiger partial charge in [-0.25, -0.2) is 9.18 Å². The number of pyridine rings is 1. The zero-order valence-corrected chi connectivity index (χ0v) is 16.9. The number of aryl methyl sites for hydroxylation is 1. The molecule has 1 aromatic carbocycles. The molecule has 1 saturated heterocycles. The van der Waals surface area contributed by atoms with Crippen molar-refractivity contribution >= 4 is 23.3 Å². The zero-order chi connectivity index (χ0) is 21.0. The van der Waals surface area contributed by atoms with Crippen LogP contribution in [0.15, 0.2) is 36.5 Å². The van der Waals surface area contributed by atoms with Gasteiger partial charge in [-0.3, -0.25) is 14.7 Å². The molecular weight excluding hydrogens is 373 g/mol. The molecule has 2 heterocycles. The van der Waals surface area contributed by atoms with Gasteiger partial charge in [-0.2, -0.15) is 0 Å². The Labute approximate surface area is 169 Å². The number of rotatable bonds is 4. The number of hydrogen-bond acceptors (Lipinski definition) is 4. The molecule has 8 heteroatoms.